The second-order valence-corrected chi connectivity index (χ2v) is 5.64. The van der Waals surface area contributed by atoms with Crippen LogP contribution in [0.3, 0.4) is 0 Å². The molecule has 2 amide bonds. The van der Waals surface area contributed by atoms with Crippen LogP contribution in [0.25, 0.3) is 0 Å². The average Bonchev–Trinajstić information content (AvgIpc) is 2.61. The van der Waals surface area contributed by atoms with Crippen molar-refractivity contribution in [1.82, 2.24) is 10.9 Å². The van der Waals surface area contributed by atoms with Gasteiger partial charge >= 0.3 is 0 Å². The van der Waals surface area contributed by atoms with Gasteiger partial charge in [-0.05, 0) is 29.8 Å². The number of carbonyl (C=O) groups is 2. The molecule has 0 fully saturated rings. The fraction of sp³-hybridized carbons (Fsp3) is 0.176. The summed E-state index contributed by atoms with van der Waals surface area (Å²) < 4.78 is 11.0. The van der Waals surface area contributed by atoms with Crippen molar-refractivity contribution >= 4 is 23.4 Å². The van der Waals surface area contributed by atoms with Gasteiger partial charge in [0.05, 0.1) is 6.42 Å². The molecule has 124 valence electrons. The van der Waals surface area contributed by atoms with E-state index < -0.39 is 12.0 Å². The topological polar surface area (TPSA) is 76.7 Å². The van der Waals surface area contributed by atoms with Gasteiger partial charge in [-0.1, -0.05) is 35.9 Å². The molecule has 0 spiro atoms. The minimum absolute atomic E-state index is 0.0793. The molecule has 0 aromatic heterocycles. The number of fused-ring (bicyclic) bond motifs is 1. The number of halogens is 1. The first kappa shape index (κ1) is 16.1. The third kappa shape index (κ3) is 3.97. The molecule has 2 N–H and O–H groups in total. The molecule has 0 radical (unpaired) electrons. The van der Waals surface area contributed by atoms with Crippen molar-refractivity contribution in [2.75, 3.05) is 6.61 Å². The lowest BCUT2D eigenvalue weighted by atomic mass is 10.1. The highest BCUT2D eigenvalue weighted by Crippen LogP contribution is 2.30. The van der Waals surface area contributed by atoms with Crippen LogP contribution >= 0.6 is 11.6 Å². The minimum atomic E-state index is -0.823. The molecular weight excluding hydrogens is 332 g/mol. The second-order valence-electron chi connectivity index (χ2n) is 5.20. The molecule has 2 aromatic rings. The van der Waals surface area contributed by atoms with Crippen LogP contribution in [0.1, 0.15) is 5.56 Å². The molecule has 1 aliphatic rings. The molecule has 0 saturated heterocycles. The van der Waals surface area contributed by atoms with E-state index in [9.17, 15) is 9.59 Å². The van der Waals surface area contributed by atoms with Crippen LogP contribution in [0, 0.1) is 0 Å². The van der Waals surface area contributed by atoms with Gasteiger partial charge < -0.3 is 9.47 Å². The van der Waals surface area contributed by atoms with Gasteiger partial charge in [-0.25, -0.2) is 0 Å². The Kier molecular flexibility index (Phi) is 4.86. The van der Waals surface area contributed by atoms with Gasteiger partial charge in [0, 0.05) is 5.02 Å². The molecule has 0 unspecified atom stereocenters. The van der Waals surface area contributed by atoms with E-state index in [0.29, 0.717) is 16.5 Å². The summed E-state index contributed by atoms with van der Waals surface area (Å²) in [5.41, 5.74) is 5.49. The SMILES string of the molecule is O=C(Cc1ccc(Cl)cc1)NNC(=O)[C@@H]1COc2ccccc2O1. The molecule has 1 heterocycles. The number of ether oxygens (including phenoxy) is 2. The van der Waals surface area contributed by atoms with Crippen molar-refractivity contribution in [3.63, 3.8) is 0 Å². The Morgan fingerprint density at radius 1 is 1.04 bits per heavy atom. The van der Waals surface area contributed by atoms with Crippen molar-refractivity contribution < 1.29 is 19.1 Å². The van der Waals surface area contributed by atoms with E-state index in [1.807, 2.05) is 6.07 Å². The highest BCUT2D eigenvalue weighted by atomic mass is 35.5. The molecule has 1 aliphatic heterocycles. The lowest BCUT2D eigenvalue weighted by Gasteiger charge is -2.25. The summed E-state index contributed by atoms with van der Waals surface area (Å²) in [6.07, 6.45) is -0.696. The fourth-order valence-electron chi connectivity index (χ4n) is 2.19. The summed E-state index contributed by atoms with van der Waals surface area (Å²) >= 11 is 5.79. The zero-order chi connectivity index (χ0) is 16.9. The van der Waals surface area contributed by atoms with E-state index in [4.69, 9.17) is 21.1 Å². The van der Waals surface area contributed by atoms with Gasteiger partial charge in [0.15, 0.2) is 11.5 Å². The van der Waals surface area contributed by atoms with Crippen LogP contribution in [-0.4, -0.2) is 24.5 Å². The fourth-order valence-corrected chi connectivity index (χ4v) is 2.32. The first-order valence-electron chi connectivity index (χ1n) is 7.33. The maximum Gasteiger partial charge on any atom is 0.283 e. The molecule has 6 nitrogen and oxygen atoms in total. The molecule has 0 bridgehead atoms. The molecule has 7 heteroatoms. The summed E-state index contributed by atoms with van der Waals surface area (Å²) in [5.74, 6) is 0.265. The number of hydrogen-bond donors (Lipinski definition) is 2. The number of carbonyl (C=O) groups excluding carboxylic acids is 2. The van der Waals surface area contributed by atoms with Gasteiger partial charge in [-0.2, -0.15) is 0 Å². The molecule has 24 heavy (non-hydrogen) atoms. The first-order valence-corrected chi connectivity index (χ1v) is 7.71. The van der Waals surface area contributed by atoms with E-state index in [-0.39, 0.29) is 18.9 Å². The first-order chi connectivity index (χ1) is 11.6. The molecule has 2 aromatic carbocycles. The number of hydrogen-bond acceptors (Lipinski definition) is 4. The zero-order valence-corrected chi connectivity index (χ0v) is 13.4. The van der Waals surface area contributed by atoms with Gasteiger partial charge in [-0.15, -0.1) is 0 Å². The van der Waals surface area contributed by atoms with E-state index in [2.05, 4.69) is 10.9 Å². The Morgan fingerprint density at radius 2 is 1.75 bits per heavy atom. The Bertz CT molecular complexity index is 749. The van der Waals surface area contributed by atoms with Gasteiger partial charge in [-0.3, -0.25) is 20.4 Å². The summed E-state index contributed by atoms with van der Waals surface area (Å²) in [6.45, 7) is 0.0793. The van der Waals surface area contributed by atoms with E-state index in [0.717, 1.165) is 5.56 Å². The van der Waals surface area contributed by atoms with Crippen molar-refractivity contribution in [1.29, 1.82) is 0 Å². The van der Waals surface area contributed by atoms with Crippen LogP contribution in [0.15, 0.2) is 48.5 Å². The molecular formula is C17H15ClN2O4. The van der Waals surface area contributed by atoms with Crippen molar-refractivity contribution in [2.24, 2.45) is 0 Å². The van der Waals surface area contributed by atoms with E-state index in [1.54, 1.807) is 42.5 Å². The molecule has 0 aliphatic carbocycles. The largest absolute Gasteiger partial charge is 0.485 e. The molecule has 0 saturated carbocycles. The van der Waals surface area contributed by atoms with Gasteiger partial charge in [0.1, 0.15) is 6.61 Å². The number of nitrogens with one attached hydrogen (secondary N) is 2. The second kappa shape index (κ2) is 7.23. The lowest BCUT2D eigenvalue weighted by molar-refractivity contribution is -0.134. The van der Waals surface area contributed by atoms with Crippen molar-refractivity contribution in [2.45, 2.75) is 12.5 Å². The van der Waals surface area contributed by atoms with Crippen LogP contribution in [0.5, 0.6) is 11.5 Å². The summed E-state index contributed by atoms with van der Waals surface area (Å²) in [7, 11) is 0. The maximum absolute atomic E-state index is 12.1. The Hall–Kier alpha value is -2.73. The monoisotopic (exact) mass is 346 g/mol. The van der Waals surface area contributed by atoms with Crippen molar-refractivity contribution in [3.05, 3.63) is 59.1 Å². The summed E-state index contributed by atoms with van der Waals surface area (Å²) in [5, 5.41) is 0.599. The average molecular weight is 347 g/mol. The number of rotatable bonds is 3. The summed E-state index contributed by atoms with van der Waals surface area (Å²) in [4.78, 5) is 23.9. The number of benzene rings is 2. The Morgan fingerprint density at radius 3 is 2.50 bits per heavy atom. The van der Waals surface area contributed by atoms with E-state index in [1.165, 1.54) is 0 Å². The predicted molar refractivity (Wildman–Crippen MR) is 87.8 cm³/mol. The quantitative estimate of drug-likeness (QED) is 0.832. The predicted octanol–water partition coefficient (Wildman–Crippen LogP) is 1.87. The third-order valence-electron chi connectivity index (χ3n) is 3.40. The Balaban J connectivity index is 1.49. The van der Waals surface area contributed by atoms with Gasteiger partial charge in [0.25, 0.3) is 5.91 Å². The van der Waals surface area contributed by atoms with Crippen LogP contribution in [-0.2, 0) is 16.0 Å². The van der Waals surface area contributed by atoms with Gasteiger partial charge in [0.2, 0.25) is 12.0 Å². The normalized spacial score (nSPS) is 15.5. The van der Waals surface area contributed by atoms with Crippen LogP contribution in [0.4, 0.5) is 0 Å². The highest BCUT2D eigenvalue weighted by molar-refractivity contribution is 6.30. The van der Waals surface area contributed by atoms with E-state index >= 15 is 0 Å². The lowest BCUT2D eigenvalue weighted by Crippen LogP contribution is -2.51. The zero-order valence-electron chi connectivity index (χ0n) is 12.6. The highest BCUT2D eigenvalue weighted by Gasteiger charge is 2.27. The maximum atomic E-state index is 12.1. The minimum Gasteiger partial charge on any atom is -0.485 e. The van der Waals surface area contributed by atoms with Crippen LogP contribution < -0.4 is 20.3 Å². The Labute approximate surface area is 143 Å². The number of para-hydroxylation sites is 2. The smallest absolute Gasteiger partial charge is 0.283 e. The molecule has 1 atom stereocenters. The third-order valence-corrected chi connectivity index (χ3v) is 3.66. The number of amides is 2. The standard InChI is InChI=1S/C17H15ClN2O4/c18-12-7-5-11(6-8-12)9-16(21)19-20-17(22)15-10-23-13-3-1-2-4-14(13)24-15/h1-8,15H,9-10H2,(H,19,21)(H,20,22)/t15-/m0/s1. The van der Waals surface area contributed by atoms with Crippen LogP contribution in [0.2, 0.25) is 5.02 Å². The van der Waals surface area contributed by atoms with Crippen molar-refractivity contribution in [3.8, 4) is 11.5 Å². The summed E-state index contributed by atoms with van der Waals surface area (Å²) in [6, 6.07) is 14.0. The molecule has 3 rings (SSSR count). The number of hydrazine groups is 1.